The number of nitrogens with zero attached hydrogens (tertiary/aromatic N) is 2. The summed E-state index contributed by atoms with van der Waals surface area (Å²) in [6, 6.07) is 0.571. The van der Waals surface area contributed by atoms with Crippen LogP contribution in [-0.2, 0) is 0 Å². The molecule has 0 aliphatic carbocycles. The molecule has 2 heterocycles. The maximum atomic E-state index is 15.1. The Morgan fingerprint density at radius 2 is 2.12 bits per heavy atom. The Hall–Kier alpha value is -1.90. The van der Waals surface area contributed by atoms with E-state index in [2.05, 4.69) is 20.9 Å². The highest BCUT2D eigenvalue weighted by atomic mass is 79.9. The molecule has 25 heavy (non-hydrogen) atoms. The van der Waals surface area contributed by atoms with Crippen molar-refractivity contribution in [2.24, 2.45) is 11.1 Å². The maximum Gasteiger partial charge on any atom is 0.407 e. The molecule has 0 saturated carbocycles. The van der Waals surface area contributed by atoms with Gasteiger partial charge in [0.25, 0.3) is 5.91 Å². The molecule has 1 aliphatic heterocycles. The summed E-state index contributed by atoms with van der Waals surface area (Å²) in [4.78, 5) is 28.1. The number of pyridine rings is 1. The Morgan fingerprint density at radius 1 is 1.48 bits per heavy atom. The molecule has 0 spiro atoms. The number of likely N-dealkylation sites (tertiary alicyclic amines) is 1. The highest BCUT2D eigenvalue weighted by molar-refractivity contribution is 9.10. The van der Waals surface area contributed by atoms with Crippen molar-refractivity contribution < 1.29 is 23.8 Å². The van der Waals surface area contributed by atoms with Crippen LogP contribution < -0.4 is 10.5 Å². The molecule has 1 aromatic rings. The van der Waals surface area contributed by atoms with Gasteiger partial charge in [-0.2, -0.15) is 0 Å². The number of rotatable bonds is 3. The molecule has 0 aromatic carbocycles. The molecule has 0 radical (unpaired) electrons. The third-order valence-corrected chi connectivity index (χ3v) is 4.56. The molecule has 0 bridgehead atoms. The van der Waals surface area contributed by atoms with Crippen LogP contribution in [0.5, 0.6) is 5.88 Å². The SMILES string of the molecule is CC(C)(C)C1[C@@H](F)[C@@H](Oc2ncc(Br)cc2C(N)=O)CCN1C(=O)O. The van der Waals surface area contributed by atoms with Crippen LogP contribution in [0, 0.1) is 5.41 Å². The van der Waals surface area contributed by atoms with Gasteiger partial charge < -0.3 is 20.5 Å². The lowest BCUT2D eigenvalue weighted by atomic mass is 9.78. The highest BCUT2D eigenvalue weighted by Crippen LogP contribution is 2.36. The number of carbonyl (C=O) groups excluding carboxylic acids is 1. The largest absolute Gasteiger partial charge is 0.471 e. The van der Waals surface area contributed by atoms with Gasteiger partial charge in [0, 0.05) is 23.6 Å². The maximum absolute atomic E-state index is 15.1. The van der Waals surface area contributed by atoms with E-state index in [4.69, 9.17) is 10.5 Å². The van der Waals surface area contributed by atoms with E-state index in [1.807, 2.05) is 0 Å². The van der Waals surface area contributed by atoms with Gasteiger partial charge in [0.1, 0.15) is 11.7 Å². The Balaban J connectivity index is 2.30. The molecular weight excluding hydrogens is 397 g/mol. The number of amides is 2. The van der Waals surface area contributed by atoms with E-state index in [0.717, 1.165) is 4.90 Å². The third-order valence-electron chi connectivity index (χ3n) is 4.13. The number of hydrogen-bond donors (Lipinski definition) is 2. The smallest absolute Gasteiger partial charge is 0.407 e. The molecule has 2 rings (SSSR count). The number of hydrogen-bond acceptors (Lipinski definition) is 4. The van der Waals surface area contributed by atoms with E-state index in [0.29, 0.717) is 4.47 Å². The lowest BCUT2D eigenvalue weighted by Crippen LogP contribution is -2.60. The predicted molar refractivity (Wildman–Crippen MR) is 92.4 cm³/mol. The van der Waals surface area contributed by atoms with Gasteiger partial charge in [-0.15, -0.1) is 0 Å². The normalized spacial score (nSPS) is 24.0. The molecule has 9 heteroatoms. The molecular formula is C16H21BrFN3O4. The summed E-state index contributed by atoms with van der Waals surface area (Å²) >= 11 is 3.19. The van der Waals surface area contributed by atoms with Crippen molar-refractivity contribution in [2.45, 2.75) is 45.5 Å². The van der Waals surface area contributed by atoms with E-state index >= 15 is 4.39 Å². The van der Waals surface area contributed by atoms with Gasteiger partial charge in [-0.3, -0.25) is 4.79 Å². The molecule has 3 atom stereocenters. The van der Waals surface area contributed by atoms with Crippen molar-refractivity contribution >= 4 is 27.9 Å². The van der Waals surface area contributed by atoms with Crippen LogP contribution in [0.1, 0.15) is 37.6 Å². The molecule has 1 unspecified atom stereocenters. The summed E-state index contributed by atoms with van der Waals surface area (Å²) in [5, 5.41) is 9.35. The standard InChI is InChI=1S/C16H21BrFN3O4/c1-16(2,3)12-11(18)10(4-5-21(12)15(23)24)25-14-9(13(19)22)6-8(17)7-20-14/h6-7,10-12H,4-5H2,1-3H3,(H2,19,22)(H,23,24)/t10-,11-,12?/m0/s1. The van der Waals surface area contributed by atoms with Gasteiger partial charge in [0.2, 0.25) is 5.88 Å². The molecule has 138 valence electrons. The predicted octanol–water partition coefficient (Wildman–Crippen LogP) is 2.83. The minimum atomic E-state index is -1.57. The number of halogens is 2. The fraction of sp³-hybridized carbons (Fsp3) is 0.562. The number of carbonyl (C=O) groups is 2. The van der Waals surface area contributed by atoms with E-state index < -0.39 is 35.7 Å². The average Bonchev–Trinajstić information content (AvgIpc) is 2.48. The quantitative estimate of drug-likeness (QED) is 0.786. The zero-order chi connectivity index (χ0) is 18.9. The first-order chi connectivity index (χ1) is 11.5. The Labute approximate surface area is 153 Å². The van der Waals surface area contributed by atoms with E-state index in [1.165, 1.54) is 12.3 Å². The van der Waals surface area contributed by atoms with Crippen LogP contribution in [0.2, 0.25) is 0 Å². The number of aromatic nitrogens is 1. The molecule has 2 amide bonds. The summed E-state index contributed by atoms with van der Waals surface area (Å²) in [6.07, 6.45) is -2.10. The lowest BCUT2D eigenvalue weighted by Gasteiger charge is -2.46. The van der Waals surface area contributed by atoms with Gasteiger partial charge in [-0.1, -0.05) is 20.8 Å². The van der Waals surface area contributed by atoms with E-state index in [-0.39, 0.29) is 24.4 Å². The molecule has 1 aromatic heterocycles. The van der Waals surface area contributed by atoms with Crippen LogP contribution in [0.15, 0.2) is 16.7 Å². The second kappa shape index (κ2) is 7.15. The zero-order valence-electron chi connectivity index (χ0n) is 14.2. The monoisotopic (exact) mass is 417 g/mol. The Kier molecular flexibility index (Phi) is 5.55. The topological polar surface area (TPSA) is 106 Å². The fourth-order valence-corrected chi connectivity index (χ4v) is 3.40. The second-order valence-electron chi connectivity index (χ2n) is 7.05. The van der Waals surface area contributed by atoms with Crippen molar-refractivity contribution in [2.75, 3.05) is 6.54 Å². The van der Waals surface area contributed by atoms with E-state index in [1.54, 1.807) is 20.8 Å². The van der Waals surface area contributed by atoms with Gasteiger partial charge in [-0.05, 0) is 27.4 Å². The molecule has 3 N–H and O–H groups in total. The van der Waals surface area contributed by atoms with Crippen LogP contribution in [0.3, 0.4) is 0 Å². The summed E-state index contributed by atoms with van der Waals surface area (Å²) in [7, 11) is 0. The number of ether oxygens (including phenoxy) is 1. The number of alkyl halides is 1. The molecule has 1 aliphatic rings. The van der Waals surface area contributed by atoms with Gasteiger partial charge in [-0.25, -0.2) is 14.2 Å². The summed E-state index contributed by atoms with van der Waals surface area (Å²) in [5.74, 6) is -0.797. The lowest BCUT2D eigenvalue weighted by molar-refractivity contribution is -0.0526. The minimum absolute atomic E-state index is 0.0366. The van der Waals surface area contributed by atoms with Crippen LogP contribution >= 0.6 is 15.9 Å². The van der Waals surface area contributed by atoms with Crippen molar-refractivity contribution in [3.63, 3.8) is 0 Å². The first kappa shape index (κ1) is 19.4. The third kappa shape index (κ3) is 4.20. The van der Waals surface area contributed by atoms with Crippen molar-refractivity contribution in [3.05, 3.63) is 22.3 Å². The Bertz CT molecular complexity index is 680. The Morgan fingerprint density at radius 3 is 2.64 bits per heavy atom. The number of nitrogens with two attached hydrogens (primary N) is 1. The van der Waals surface area contributed by atoms with Crippen LogP contribution in [0.25, 0.3) is 0 Å². The first-order valence-corrected chi connectivity index (χ1v) is 8.57. The second-order valence-corrected chi connectivity index (χ2v) is 7.96. The van der Waals surface area contributed by atoms with Gasteiger partial charge in [0.05, 0.1) is 6.04 Å². The first-order valence-electron chi connectivity index (χ1n) is 7.78. The van der Waals surface area contributed by atoms with Crippen LogP contribution in [0.4, 0.5) is 9.18 Å². The number of primary amides is 1. The van der Waals surface area contributed by atoms with Crippen molar-refractivity contribution in [3.8, 4) is 5.88 Å². The number of carboxylic acid groups (broad SMARTS) is 1. The molecule has 1 fully saturated rings. The summed E-state index contributed by atoms with van der Waals surface area (Å²) in [6.45, 7) is 5.45. The average molecular weight is 418 g/mol. The van der Waals surface area contributed by atoms with E-state index in [9.17, 15) is 14.7 Å². The fourth-order valence-electron chi connectivity index (χ4n) is 3.06. The van der Waals surface area contributed by atoms with Gasteiger partial charge >= 0.3 is 6.09 Å². The summed E-state index contributed by atoms with van der Waals surface area (Å²) in [5.41, 5.74) is 4.73. The highest BCUT2D eigenvalue weighted by Gasteiger charge is 2.47. The van der Waals surface area contributed by atoms with Crippen molar-refractivity contribution in [1.29, 1.82) is 0 Å². The zero-order valence-corrected chi connectivity index (χ0v) is 15.8. The van der Waals surface area contributed by atoms with Crippen molar-refractivity contribution in [1.82, 2.24) is 9.88 Å². The van der Waals surface area contributed by atoms with Gasteiger partial charge in [0.15, 0.2) is 6.17 Å². The van der Waals surface area contributed by atoms with Crippen LogP contribution in [-0.4, -0.2) is 51.9 Å². The molecule has 7 nitrogen and oxygen atoms in total. The summed E-state index contributed by atoms with van der Waals surface area (Å²) < 4.78 is 21.3. The minimum Gasteiger partial charge on any atom is -0.471 e. The number of piperidine rings is 1. The molecule has 1 saturated heterocycles.